The minimum absolute atomic E-state index is 0.399. The van der Waals surface area contributed by atoms with Crippen LogP contribution < -0.4 is 0 Å². The van der Waals surface area contributed by atoms with E-state index in [0.29, 0.717) is 16.6 Å². The highest BCUT2D eigenvalue weighted by Crippen LogP contribution is 2.20. The van der Waals surface area contributed by atoms with Gasteiger partial charge in [0, 0.05) is 11.1 Å². The first kappa shape index (κ1) is 14.0. The van der Waals surface area contributed by atoms with Crippen LogP contribution in [-0.2, 0) is 14.3 Å². The molecule has 0 fully saturated rings. The number of carbonyl (C=O) groups excluding carboxylic acids is 2. The summed E-state index contributed by atoms with van der Waals surface area (Å²) in [6.45, 7) is 3.34. The molecule has 1 aromatic carbocycles. The Kier molecular flexibility index (Phi) is 3.98. The monoisotopic (exact) mass is 273 g/mol. The Morgan fingerprint density at radius 2 is 1.95 bits per heavy atom. The van der Waals surface area contributed by atoms with Crippen LogP contribution in [0.3, 0.4) is 0 Å². The number of hydrogen-bond donors (Lipinski definition) is 0. The van der Waals surface area contributed by atoms with E-state index in [2.05, 4.69) is 9.72 Å². The summed E-state index contributed by atoms with van der Waals surface area (Å²) < 4.78 is 9.38. The maximum Gasteiger partial charge on any atom is 0.344 e. The van der Waals surface area contributed by atoms with Crippen LogP contribution in [0.25, 0.3) is 10.9 Å². The van der Waals surface area contributed by atoms with E-state index in [0.717, 1.165) is 11.1 Å². The van der Waals surface area contributed by atoms with E-state index in [-0.39, 0.29) is 0 Å². The molecule has 0 amide bonds. The fourth-order valence-electron chi connectivity index (χ4n) is 1.90. The van der Waals surface area contributed by atoms with Crippen LogP contribution in [0.15, 0.2) is 24.3 Å². The lowest BCUT2D eigenvalue weighted by molar-refractivity contribution is -0.144. The molecule has 0 aliphatic heterocycles. The Bertz CT molecular complexity index is 679. The lowest BCUT2D eigenvalue weighted by atomic mass is 10.1. The molecule has 0 saturated heterocycles. The van der Waals surface area contributed by atoms with E-state index >= 15 is 0 Å². The second-order valence-electron chi connectivity index (χ2n) is 4.48. The van der Waals surface area contributed by atoms with Gasteiger partial charge in [0.05, 0.1) is 18.2 Å². The summed E-state index contributed by atoms with van der Waals surface area (Å²) in [6.07, 6.45) is 0. The predicted molar refractivity (Wildman–Crippen MR) is 73.5 cm³/mol. The van der Waals surface area contributed by atoms with Crippen molar-refractivity contribution in [2.45, 2.75) is 13.8 Å². The van der Waals surface area contributed by atoms with Crippen LogP contribution in [0, 0.1) is 13.8 Å². The zero-order valence-corrected chi connectivity index (χ0v) is 11.6. The van der Waals surface area contributed by atoms with E-state index in [4.69, 9.17) is 4.74 Å². The first-order valence-corrected chi connectivity index (χ1v) is 6.13. The normalized spacial score (nSPS) is 10.3. The number of aromatic nitrogens is 1. The van der Waals surface area contributed by atoms with Gasteiger partial charge >= 0.3 is 11.9 Å². The number of benzene rings is 1. The minimum Gasteiger partial charge on any atom is -0.466 e. The highest BCUT2D eigenvalue weighted by molar-refractivity contribution is 6.04. The Hall–Kier alpha value is -2.43. The van der Waals surface area contributed by atoms with Crippen molar-refractivity contribution < 1.29 is 19.1 Å². The Balaban J connectivity index is 2.39. The molecular weight excluding hydrogens is 258 g/mol. The van der Waals surface area contributed by atoms with Gasteiger partial charge in [0.2, 0.25) is 0 Å². The first-order chi connectivity index (χ1) is 9.51. The second-order valence-corrected chi connectivity index (χ2v) is 4.48. The molecule has 2 rings (SSSR count). The third kappa shape index (κ3) is 2.93. The van der Waals surface area contributed by atoms with Crippen molar-refractivity contribution in [1.29, 1.82) is 0 Å². The van der Waals surface area contributed by atoms with Crippen molar-refractivity contribution in [3.05, 3.63) is 41.1 Å². The molecule has 0 aliphatic carbocycles. The number of esters is 2. The maximum absolute atomic E-state index is 12.1. The van der Waals surface area contributed by atoms with Gasteiger partial charge in [0.25, 0.3) is 0 Å². The van der Waals surface area contributed by atoms with E-state index in [1.807, 2.05) is 25.1 Å². The number of fused-ring (bicyclic) bond motifs is 1. The van der Waals surface area contributed by atoms with Crippen molar-refractivity contribution >= 4 is 22.8 Å². The molecule has 104 valence electrons. The zero-order chi connectivity index (χ0) is 14.7. The summed E-state index contributed by atoms with van der Waals surface area (Å²) in [7, 11) is 1.24. The van der Waals surface area contributed by atoms with Crippen molar-refractivity contribution in [2.75, 3.05) is 13.7 Å². The topological polar surface area (TPSA) is 65.5 Å². The molecule has 0 radical (unpaired) electrons. The quantitative estimate of drug-likeness (QED) is 0.802. The molecule has 0 atom stereocenters. The molecule has 0 N–H and O–H groups in total. The number of carbonyl (C=O) groups is 2. The van der Waals surface area contributed by atoms with Crippen molar-refractivity contribution in [1.82, 2.24) is 4.98 Å². The van der Waals surface area contributed by atoms with E-state index in [9.17, 15) is 9.59 Å². The van der Waals surface area contributed by atoms with Crippen LogP contribution in [0.4, 0.5) is 0 Å². The number of pyridine rings is 1. The third-order valence-electron chi connectivity index (χ3n) is 2.86. The molecule has 0 unspecified atom stereocenters. The molecule has 20 heavy (non-hydrogen) atoms. The molecule has 0 aliphatic rings. The standard InChI is InChI=1S/C15H15NO4/c1-9-4-5-13-11(6-9)12(7-10(2)16-13)15(18)20-8-14(17)19-3/h4-7H,8H2,1-3H3. The number of rotatable bonds is 3. The van der Waals surface area contributed by atoms with Crippen molar-refractivity contribution in [3.8, 4) is 0 Å². The molecule has 5 heteroatoms. The van der Waals surface area contributed by atoms with E-state index in [1.54, 1.807) is 13.0 Å². The fourth-order valence-corrected chi connectivity index (χ4v) is 1.90. The van der Waals surface area contributed by atoms with Crippen LogP contribution >= 0.6 is 0 Å². The SMILES string of the molecule is COC(=O)COC(=O)c1cc(C)nc2ccc(C)cc12. The third-order valence-corrected chi connectivity index (χ3v) is 2.86. The average Bonchev–Trinajstić information content (AvgIpc) is 2.43. The van der Waals surface area contributed by atoms with Gasteiger partial charge in [-0.1, -0.05) is 11.6 Å². The van der Waals surface area contributed by atoms with Crippen molar-refractivity contribution in [2.24, 2.45) is 0 Å². The minimum atomic E-state index is -0.593. The van der Waals surface area contributed by atoms with Gasteiger partial charge in [-0.2, -0.15) is 0 Å². The Morgan fingerprint density at radius 1 is 1.20 bits per heavy atom. The van der Waals surface area contributed by atoms with Crippen LogP contribution in [0.1, 0.15) is 21.6 Å². The summed E-state index contributed by atoms with van der Waals surface area (Å²) in [5.74, 6) is -1.15. The summed E-state index contributed by atoms with van der Waals surface area (Å²) in [4.78, 5) is 27.5. The van der Waals surface area contributed by atoms with Gasteiger partial charge < -0.3 is 9.47 Å². The van der Waals surface area contributed by atoms with Gasteiger partial charge in [0.15, 0.2) is 6.61 Å². The number of methoxy groups -OCH3 is 1. The Labute approximate surface area is 116 Å². The molecule has 0 spiro atoms. The summed E-state index contributed by atoms with van der Waals surface area (Å²) in [6, 6.07) is 7.31. The van der Waals surface area contributed by atoms with Crippen LogP contribution in [-0.4, -0.2) is 30.6 Å². The molecule has 0 bridgehead atoms. The molecular formula is C15H15NO4. The van der Waals surface area contributed by atoms with Crippen LogP contribution in [0.2, 0.25) is 0 Å². The van der Waals surface area contributed by atoms with Gasteiger partial charge in [-0.25, -0.2) is 9.59 Å². The smallest absolute Gasteiger partial charge is 0.344 e. The molecule has 0 saturated carbocycles. The van der Waals surface area contributed by atoms with Crippen molar-refractivity contribution in [3.63, 3.8) is 0 Å². The summed E-state index contributed by atoms with van der Waals surface area (Å²) in [5, 5.41) is 0.713. The molecule has 2 aromatic rings. The molecule has 5 nitrogen and oxygen atoms in total. The van der Waals surface area contributed by atoms with E-state index in [1.165, 1.54) is 7.11 Å². The average molecular weight is 273 g/mol. The lowest BCUT2D eigenvalue weighted by Crippen LogP contribution is -2.15. The zero-order valence-electron chi connectivity index (χ0n) is 11.6. The summed E-state index contributed by atoms with van der Waals surface area (Å²) in [5.41, 5.74) is 2.86. The predicted octanol–water partition coefficient (Wildman–Crippen LogP) is 2.18. The highest BCUT2D eigenvalue weighted by atomic mass is 16.6. The van der Waals surface area contributed by atoms with Gasteiger partial charge in [-0.3, -0.25) is 4.98 Å². The molecule has 1 aromatic heterocycles. The number of aryl methyl sites for hydroxylation is 2. The van der Waals surface area contributed by atoms with Gasteiger partial charge in [-0.05, 0) is 32.0 Å². The number of hydrogen-bond acceptors (Lipinski definition) is 5. The first-order valence-electron chi connectivity index (χ1n) is 6.13. The van der Waals surface area contributed by atoms with Gasteiger partial charge in [-0.15, -0.1) is 0 Å². The fraction of sp³-hybridized carbons (Fsp3) is 0.267. The van der Waals surface area contributed by atoms with E-state index < -0.39 is 18.5 Å². The number of ether oxygens (including phenoxy) is 2. The largest absolute Gasteiger partial charge is 0.466 e. The highest BCUT2D eigenvalue weighted by Gasteiger charge is 2.15. The van der Waals surface area contributed by atoms with Crippen LogP contribution in [0.5, 0.6) is 0 Å². The summed E-state index contributed by atoms with van der Waals surface area (Å²) >= 11 is 0. The maximum atomic E-state index is 12.1. The second kappa shape index (κ2) is 5.69. The molecule has 1 heterocycles. The number of nitrogens with zero attached hydrogens (tertiary/aromatic N) is 1. The van der Waals surface area contributed by atoms with Gasteiger partial charge in [0.1, 0.15) is 0 Å². The lowest BCUT2D eigenvalue weighted by Gasteiger charge is -2.08. The Morgan fingerprint density at radius 3 is 2.65 bits per heavy atom.